The number of guanidine groups is 1. The van der Waals surface area contributed by atoms with Gasteiger partial charge in [0.15, 0.2) is 5.96 Å². The van der Waals surface area contributed by atoms with Crippen LogP contribution < -0.4 is 16.0 Å². The van der Waals surface area contributed by atoms with Crippen molar-refractivity contribution in [1.82, 2.24) is 15.6 Å². The van der Waals surface area contributed by atoms with Gasteiger partial charge in [-0.15, -0.1) is 0 Å². The van der Waals surface area contributed by atoms with Gasteiger partial charge in [-0.1, -0.05) is 32.3 Å². The number of hydrogen-bond donors (Lipinski definition) is 3. The number of pyridine rings is 1. The quantitative estimate of drug-likeness (QED) is 0.369. The molecule has 6 heteroatoms. The van der Waals surface area contributed by atoms with Gasteiger partial charge in [-0.2, -0.15) is 0 Å². The van der Waals surface area contributed by atoms with E-state index in [1.54, 1.807) is 13.1 Å². The van der Waals surface area contributed by atoms with Crippen LogP contribution in [0.2, 0.25) is 0 Å². The summed E-state index contributed by atoms with van der Waals surface area (Å²) in [6, 6.07) is 5.93. The Morgan fingerprint density at radius 3 is 2.79 bits per heavy atom. The number of rotatable bonds is 9. The molecular formula is C18H31N5O. The molecule has 0 bridgehead atoms. The minimum atomic E-state index is -0.0629. The molecule has 3 N–H and O–H groups in total. The Kier molecular flexibility index (Phi) is 9.49. The third-order valence-electron chi connectivity index (χ3n) is 3.65. The second kappa shape index (κ2) is 11.4. The summed E-state index contributed by atoms with van der Waals surface area (Å²) in [5.41, 5.74) is 0.882. The van der Waals surface area contributed by atoms with E-state index in [1.165, 1.54) is 19.3 Å². The van der Waals surface area contributed by atoms with Crippen LogP contribution in [0, 0.1) is 6.92 Å². The SMILES string of the molecule is CCCCCC(C)NC(=NC)NCCC(=O)Nc1cccc(C)n1. The first-order chi connectivity index (χ1) is 11.5. The van der Waals surface area contributed by atoms with Crippen LogP contribution >= 0.6 is 0 Å². The van der Waals surface area contributed by atoms with Gasteiger partial charge in [-0.3, -0.25) is 9.79 Å². The molecule has 1 aromatic rings. The first kappa shape index (κ1) is 19.9. The lowest BCUT2D eigenvalue weighted by atomic mass is 10.1. The summed E-state index contributed by atoms with van der Waals surface area (Å²) in [4.78, 5) is 20.4. The molecule has 1 rings (SSSR count). The maximum Gasteiger partial charge on any atom is 0.227 e. The van der Waals surface area contributed by atoms with Gasteiger partial charge in [0, 0.05) is 31.7 Å². The number of carbonyl (C=O) groups is 1. The van der Waals surface area contributed by atoms with Gasteiger partial charge in [0.05, 0.1) is 0 Å². The maximum atomic E-state index is 11.9. The number of aliphatic imine (C=N–C) groups is 1. The van der Waals surface area contributed by atoms with E-state index in [2.05, 4.69) is 39.8 Å². The van der Waals surface area contributed by atoms with Gasteiger partial charge in [-0.05, 0) is 32.4 Å². The lowest BCUT2D eigenvalue weighted by molar-refractivity contribution is -0.116. The Morgan fingerprint density at radius 1 is 1.33 bits per heavy atom. The summed E-state index contributed by atoms with van der Waals surface area (Å²) in [6.45, 7) is 6.78. The molecule has 0 aliphatic rings. The molecule has 6 nitrogen and oxygen atoms in total. The van der Waals surface area contributed by atoms with E-state index in [9.17, 15) is 4.79 Å². The normalized spacial score (nSPS) is 12.6. The standard InChI is InChI=1S/C18H31N5O/c1-5-6-7-9-15(3)22-18(19-4)20-13-12-17(24)23-16-11-8-10-14(2)21-16/h8,10-11,15H,5-7,9,12-13H2,1-4H3,(H2,19,20,22)(H,21,23,24). The molecule has 0 fully saturated rings. The average molecular weight is 333 g/mol. The van der Waals surface area contributed by atoms with Gasteiger partial charge in [0.25, 0.3) is 0 Å². The van der Waals surface area contributed by atoms with Gasteiger partial charge in [0.2, 0.25) is 5.91 Å². The molecule has 134 valence electrons. The molecule has 1 heterocycles. The summed E-state index contributed by atoms with van der Waals surface area (Å²) in [6.07, 6.45) is 5.18. The molecule has 0 aromatic carbocycles. The molecule has 0 radical (unpaired) electrons. The largest absolute Gasteiger partial charge is 0.356 e. The summed E-state index contributed by atoms with van der Waals surface area (Å²) in [5, 5.41) is 9.33. The molecule has 1 amide bonds. The van der Waals surface area contributed by atoms with Crippen molar-refractivity contribution in [1.29, 1.82) is 0 Å². The number of carbonyl (C=O) groups excluding carboxylic acids is 1. The highest BCUT2D eigenvalue weighted by molar-refractivity contribution is 5.90. The number of hydrogen-bond acceptors (Lipinski definition) is 3. The van der Waals surface area contributed by atoms with Crippen LogP contribution in [-0.4, -0.2) is 36.5 Å². The minimum Gasteiger partial charge on any atom is -0.356 e. The van der Waals surface area contributed by atoms with Crippen molar-refractivity contribution in [3.8, 4) is 0 Å². The smallest absolute Gasteiger partial charge is 0.227 e. The van der Waals surface area contributed by atoms with Crippen LogP contribution in [0.5, 0.6) is 0 Å². The van der Waals surface area contributed by atoms with Crippen molar-refractivity contribution in [3.63, 3.8) is 0 Å². The Hall–Kier alpha value is -2.11. The fourth-order valence-electron chi connectivity index (χ4n) is 2.31. The summed E-state index contributed by atoms with van der Waals surface area (Å²) >= 11 is 0. The maximum absolute atomic E-state index is 11.9. The second-order valence-corrected chi connectivity index (χ2v) is 6.00. The molecule has 24 heavy (non-hydrogen) atoms. The zero-order valence-corrected chi connectivity index (χ0v) is 15.4. The number of amides is 1. The fourth-order valence-corrected chi connectivity index (χ4v) is 2.31. The number of aromatic nitrogens is 1. The molecule has 0 saturated carbocycles. The number of nitrogens with one attached hydrogen (secondary N) is 3. The molecule has 0 aliphatic heterocycles. The third-order valence-corrected chi connectivity index (χ3v) is 3.65. The number of unbranched alkanes of at least 4 members (excludes halogenated alkanes) is 2. The first-order valence-corrected chi connectivity index (χ1v) is 8.75. The summed E-state index contributed by atoms with van der Waals surface area (Å²) in [5.74, 6) is 1.26. The molecule has 0 aliphatic carbocycles. The highest BCUT2D eigenvalue weighted by Crippen LogP contribution is 2.04. The predicted octanol–water partition coefficient (Wildman–Crippen LogP) is 2.85. The number of anilines is 1. The number of nitrogens with zero attached hydrogens (tertiary/aromatic N) is 2. The second-order valence-electron chi connectivity index (χ2n) is 6.00. The van der Waals surface area contributed by atoms with Crippen molar-refractivity contribution >= 4 is 17.7 Å². The monoisotopic (exact) mass is 333 g/mol. The van der Waals surface area contributed by atoms with Crippen LogP contribution in [0.25, 0.3) is 0 Å². The van der Waals surface area contributed by atoms with E-state index in [0.717, 1.165) is 18.1 Å². The van der Waals surface area contributed by atoms with Crippen molar-refractivity contribution in [2.75, 3.05) is 18.9 Å². The van der Waals surface area contributed by atoms with Crippen LogP contribution in [0.4, 0.5) is 5.82 Å². The molecule has 1 aromatic heterocycles. The lowest BCUT2D eigenvalue weighted by Gasteiger charge is -2.17. The van der Waals surface area contributed by atoms with Crippen LogP contribution in [0.3, 0.4) is 0 Å². The van der Waals surface area contributed by atoms with Gasteiger partial charge < -0.3 is 16.0 Å². The number of aryl methyl sites for hydroxylation is 1. The molecular weight excluding hydrogens is 302 g/mol. The summed E-state index contributed by atoms with van der Waals surface area (Å²) < 4.78 is 0. The highest BCUT2D eigenvalue weighted by Gasteiger charge is 2.07. The van der Waals surface area contributed by atoms with E-state index in [-0.39, 0.29) is 5.91 Å². The third kappa shape index (κ3) is 8.50. The fraction of sp³-hybridized carbons (Fsp3) is 0.611. The van der Waals surface area contributed by atoms with Crippen molar-refractivity contribution in [2.45, 2.75) is 58.9 Å². The van der Waals surface area contributed by atoms with Crippen LogP contribution in [-0.2, 0) is 4.79 Å². The first-order valence-electron chi connectivity index (χ1n) is 8.75. The molecule has 0 saturated heterocycles. The Bertz CT molecular complexity index is 530. The minimum absolute atomic E-state index is 0.0629. The van der Waals surface area contributed by atoms with E-state index in [4.69, 9.17) is 0 Å². The zero-order chi connectivity index (χ0) is 17.8. The zero-order valence-electron chi connectivity index (χ0n) is 15.4. The average Bonchev–Trinajstić information content (AvgIpc) is 2.54. The Morgan fingerprint density at radius 2 is 2.12 bits per heavy atom. The van der Waals surface area contributed by atoms with Gasteiger partial charge in [-0.25, -0.2) is 4.98 Å². The lowest BCUT2D eigenvalue weighted by Crippen LogP contribution is -2.43. The van der Waals surface area contributed by atoms with Crippen LogP contribution in [0.1, 0.15) is 51.6 Å². The van der Waals surface area contributed by atoms with Gasteiger partial charge >= 0.3 is 0 Å². The van der Waals surface area contributed by atoms with E-state index in [1.807, 2.05) is 19.1 Å². The van der Waals surface area contributed by atoms with E-state index in [0.29, 0.717) is 24.8 Å². The summed E-state index contributed by atoms with van der Waals surface area (Å²) in [7, 11) is 1.74. The van der Waals surface area contributed by atoms with Crippen molar-refractivity contribution in [3.05, 3.63) is 23.9 Å². The predicted molar refractivity (Wildman–Crippen MR) is 100 cm³/mol. The van der Waals surface area contributed by atoms with E-state index >= 15 is 0 Å². The Balaban J connectivity index is 2.27. The van der Waals surface area contributed by atoms with Crippen molar-refractivity contribution < 1.29 is 4.79 Å². The molecule has 1 atom stereocenters. The van der Waals surface area contributed by atoms with Gasteiger partial charge in [0.1, 0.15) is 5.82 Å². The highest BCUT2D eigenvalue weighted by atomic mass is 16.1. The van der Waals surface area contributed by atoms with E-state index < -0.39 is 0 Å². The van der Waals surface area contributed by atoms with Crippen LogP contribution in [0.15, 0.2) is 23.2 Å². The Labute approximate surface area is 145 Å². The molecule has 1 unspecified atom stereocenters. The topological polar surface area (TPSA) is 78.4 Å². The van der Waals surface area contributed by atoms with Crippen molar-refractivity contribution in [2.24, 2.45) is 4.99 Å². The molecule has 0 spiro atoms.